The van der Waals surface area contributed by atoms with E-state index in [1.54, 1.807) is 0 Å². The van der Waals surface area contributed by atoms with Gasteiger partial charge >= 0.3 is 51.4 Å². The second-order valence-electron chi connectivity index (χ2n) is 0.885. The number of aromatic nitrogens is 1. The van der Waals surface area contributed by atoms with E-state index in [9.17, 15) is 0 Å². The fourth-order valence-electron chi connectivity index (χ4n) is 0.278. The van der Waals surface area contributed by atoms with Crippen molar-refractivity contribution in [2.24, 2.45) is 0 Å². The number of rotatable bonds is 0. The number of hydrogen-bond acceptors (Lipinski definition) is 6. The van der Waals surface area contributed by atoms with Gasteiger partial charge in [0, 0.05) is 68.9 Å². The van der Waals surface area contributed by atoms with Gasteiger partial charge in [-0.2, -0.15) is 0 Å². The molecule has 20 heavy (non-hydrogen) atoms. The van der Waals surface area contributed by atoms with Crippen molar-refractivity contribution in [1.82, 2.24) is 4.98 Å². The first kappa shape index (κ1) is 63.1. The Morgan fingerprint density at radius 3 is 0.800 bits per heavy atom. The van der Waals surface area contributed by atoms with Crippen molar-refractivity contribution in [3.8, 4) is 39.4 Å². The van der Waals surface area contributed by atoms with Gasteiger partial charge in [0.05, 0.1) is 0 Å². The Bertz CT molecular complexity index is 227. The molecule has 0 aliphatic rings. The number of hydrogen-bond donors (Lipinski definition) is 1. The van der Waals surface area contributed by atoms with E-state index in [-0.39, 0.29) is 77.3 Å². The van der Waals surface area contributed by atoms with Gasteiger partial charge in [-0.1, -0.05) is 7.43 Å². The molecule has 0 bridgehead atoms. The fourth-order valence-corrected chi connectivity index (χ4v) is 0.278. The van der Waals surface area contributed by atoms with Crippen molar-refractivity contribution in [2.45, 2.75) is 7.43 Å². The Labute approximate surface area is 176 Å². The Hall–Kier alpha value is -1.62. The zero-order valence-corrected chi connectivity index (χ0v) is 14.5. The smallest absolute Gasteiger partial charge is 1.00 e. The minimum Gasteiger partial charge on any atom is -1.00 e. The summed E-state index contributed by atoms with van der Waals surface area (Å²) in [5, 5.41) is 39.0. The number of H-pyrrole nitrogens is 1. The minimum atomic E-state index is 0. The molecule has 0 radical (unpaired) electrons. The van der Waals surface area contributed by atoms with Crippen LogP contribution in [0, 0.1) is 71.0 Å². The zero-order valence-electron chi connectivity index (χ0n) is 11.3. The molecule has 0 atom stereocenters. The molecule has 7 nitrogen and oxygen atoms in total. The maximum Gasteiger partial charge on any atom is 1.00 e. The largest absolute Gasteiger partial charge is 1.00 e. The minimum absolute atomic E-state index is 0. The molecule has 9 heteroatoms. The predicted molar refractivity (Wildman–Crippen MR) is 68.7 cm³/mol. The van der Waals surface area contributed by atoms with Crippen LogP contribution < -0.4 is 51.4 Å². The van der Waals surface area contributed by atoms with Crippen LogP contribution in [0.5, 0.6) is 0 Å². The quantitative estimate of drug-likeness (QED) is 0.632. The molecule has 0 spiro atoms. The van der Waals surface area contributed by atoms with E-state index in [0.717, 1.165) is 0 Å². The van der Waals surface area contributed by atoms with E-state index in [0.29, 0.717) is 0 Å². The standard InChI is InChI=1S/C4H5N.6CHN.CH4.Fe.K.H/c1-2-4-5-3-1;6*1-2;;;;/h1-5H;6*1H;1H4;;;/q;;;;;;;;;+1;-1. The summed E-state index contributed by atoms with van der Waals surface area (Å²) in [7, 11) is 0. The SMILES string of the molecule is C.C#N.C#N.C#N.C#N.C#N.C#N.[Fe].[H-].[K+].c1cc[nH]c1. The first-order valence-corrected chi connectivity index (χ1v) is 3.13. The van der Waals surface area contributed by atoms with Crippen LogP contribution >= 0.6 is 0 Å². The molecule has 0 aromatic carbocycles. The van der Waals surface area contributed by atoms with Crippen LogP contribution in [0.3, 0.4) is 0 Å². The summed E-state index contributed by atoms with van der Waals surface area (Å²) in [6, 6.07) is 3.89. The summed E-state index contributed by atoms with van der Waals surface area (Å²) in [6.45, 7) is 21.0. The molecule has 0 aliphatic heterocycles. The molecule has 0 saturated carbocycles. The predicted octanol–water partition coefficient (Wildman–Crippen LogP) is -0.397. The molecule has 0 saturated heterocycles. The van der Waals surface area contributed by atoms with Crippen molar-refractivity contribution in [3.63, 3.8) is 0 Å². The molecule has 1 heterocycles. The van der Waals surface area contributed by atoms with Gasteiger partial charge in [-0.3, -0.25) is 0 Å². The molecule has 1 N–H and O–H groups in total. The van der Waals surface area contributed by atoms with Crippen molar-refractivity contribution in [2.75, 3.05) is 0 Å². The van der Waals surface area contributed by atoms with Crippen LogP contribution in [0.25, 0.3) is 0 Å². The molecule has 0 aliphatic carbocycles. The Morgan fingerprint density at radius 2 is 0.750 bits per heavy atom. The number of nitrogens with zero attached hydrogens (tertiary/aromatic N) is 6. The number of nitriles is 6. The molecule has 1 rings (SSSR count). The molecular weight excluding hydrogens is 325 g/mol. The topological polar surface area (TPSA) is 159 Å². The normalized spacial score (nSPS) is 2.60. The van der Waals surface area contributed by atoms with E-state index in [1.165, 1.54) is 0 Å². The van der Waals surface area contributed by atoms with Gasteiger partial charge < -0.3 is 6.41 Å². The monoisotopic (exact) mass is 341 g/mol. The zero-order chi connectivity index (χ0) is 15.5. The van der Waals surface area contributed by atoms with Crippen LogP contribution in [-0.2, 0) is 17.1 Å². The Balaban J connectivity index is -0.00000000864. The summed E-state index contributed by atoms with van der Waals surface area (Å²) in [6.07, 6.45) is 3.75. The molecule has 104 valence electrons. The van der Waals surface area contributed by atoms with Gasteiger partial charge in [-0.15, -0.1) is 0 Å². The van der Waals surface area contributed by atoms with Crippen molar-refractivity contribution < 1.29 is 69.9 Å². The average Bonchev–Trinajstić information content (AvgIpc) is 3.10. The van der Waals surface area contributed by atoms with Crippen molar-refractivity contribution in [3.05, 3.63) is 24.5 Å². The fraction of sp³-hybridized carbons (Fsp3) is 0.0909. The van der Waals surface area contributed by atoms with Gasteiger partial charge in [0.2, 0.25) is 0 Å². The second-order valence-corrected chi connectivity index (χ2v) is 0.885. The Morgan fingerprint density at radius 1 is 0.600 bits per heavy atom. The van der Waals surface area contributed by atoms with Crippen LogP contribution in [0.2, 0.25) is 0 Å². The third kappa shape index (κ3) is 340. The maximum atomic E-state index is 6.50. The van der Waals surface area contributed by atoms with Gasteiger partial charge in [0.25, 0.3) is 0 Å². The van der Waals surface area contributed by atoms with E-state index in [1.807, 2.05) is 24.5 Å². The van der Waals surface area contributed by atoms with E-state index >= 15 is 0 Å². The maximum absolute atomic E-state index is 6.50. The molecule has 0 fully saturated rings. The van der Waals surface area contributed by atoms with Gasteiger partial charge in [0.1, 0.15) is 0 Å². The van der Waals surface area contributed by atoms with E-state index < -0.39 is 0 Å². The number of nitrogens with one attached hydrogen (secondary N) is 1. The van der Waals surface area contributed by atoms with Gasteiger partial charge in [-0.25, -0.2) is 31.6 Å². The summed E-state index contributed by atoms with van der Waals surface area (Å²) in [4.78, 5) is 2.86. The van der Waals surface area contributed by atoms with Gasteiger partial charge in [-0.05, 0) is 12.1 Å². The second kappa shape index (κ2) is 409. The molecule has 1 aromatic heterocycles. The number of aromatic amines is 1. The van der Waals surface area contributed by atoms with E-state index in [2.05, 4.69) is 44.4 Å². The third-order valence-corrected chi connectivity index (χ3v) is 0.496. The first-order chi connectivity index (χ1) is 8.50. The summed E-state index contributed by atoms with van der Waals surface area (Å²) < 4.78 is 0. The van der Waals surface area contributed by atoms with Crippen LogP contribution in [0.4, 0.5) is 0 Å². The molecule has 0 unspecified atom stereocenters. The van der Waals surface area contributed by atoms with Crippen LogP contribution in [0.15, 0.2) is 24.5 Å². The molecular formula is C11H16FeKN7. The summed E-state index contributed by atoms with van der Waals surface area (Å²) in [5.41, 5.74) is 0. The van der Waals surface area contributed by atoms with Crippen molar-refractivity contribution in [1.29, 1.82) is 31.6 Å². The average molecular weight is 341 g/mol. The van der Waals surface area contributed by atoms with Crippen molar-refractivity contribution >= 4 is 0 Å². The van der Waals surface area contributed by atoms with Crippen LogP contribution in [0.1, 0.15) is 8.85 Å². The third-order valence-electron chi connectivity index (χ3n) is 0.496. The van der Waals surface area contributed by atoms with E-state index in [4.69, 9.17) is 31.6 Å². The molecule has 0 amide bonds. The van der Waals surface area contributed by atoms with Crippen LogP contribution in [-0.4, -0.2) is 4.98 Å². The summed E-state index contributed by atoms with van der Waals surface area (Å²) >= 11 is 0. The Kier molecular flexibility index (Phi) is 1290. The molecule has 1 aromatic rings. The first-order valence-electron chi connectivity index (χ1n) is 3.13. The summed E-state index contributed by atoms with van der Waals surface area (Å²) in [5.74, 6) is 0. The van der Waals surface area contributed by atoms with Gasteiger partial charge in [0.15, 0.2) is 0 Å².